The minimum atomic E-state index is 0.0883. The van der Waals surface area contributed by atoms with E-state index in [0.29, 0.717) is 17.9 Å². The van der Waals surface area contributed by atoms with Crippen molar-refractivity contribution in [3.05, 3.63) is 0 Å². The molecular formula is C12H20BrNO. The number of carbonyl (C=O) groups excluding carboxylic acids is 1. The van der Waals surface area contributed by atoms with E-state index in [1.807, 2.05) is 0 Å². The number of nitrogens with zero attached hydrogens (tertiary/aromatic N) is 1. The topological polar surface area (TPSA) is 20.3 Å². The fourth-order valence-electron chi connectivity index (χ4n) is 3.24. The maximum absolute atomic E-state index is 11.9. The van der Waals surface area contributed by atoms with Crippen molar-refractivity contribution in [3.63, 3.8) is 0 Å². The molecule has 2 aliphatic rings. The van der Waals surface area contributed by atoms with Crippen LogP contribution in [-0.2, 0) is 4.79 Å². The Labute approximate surface area is 101 Å². The summed E-state index contributed by atoms with van der Waals surface area (Å²) in [6.45, 7) is 5.55. The van der Waals surface area contributed by atoms with E-state index in [9.17, 15) is 4.79 Å². The zero-order chi connectivity index (χ0) is 11.0. The Bertz CT molecular complexity index is 256. The normalized spacial score (nSPS) is 41.5. The molecule has 0 aromatic rings. The molecule has 1 saturated heterocycles. The average molecular weight is 274 g/mol. The minimum Gasteiger partial charge on any atom is -0.338 e. The van der Waals surface area contributed by atoms with Gasteiger partial charge in [0.1, 0.15) is 0 Å². The number of hydrogen-bond acceptors (Lipinski definition) is 1. The number of halogens is 1. The Balaban J connectivity index is 2.03. The van der Waals surface area contributed by atoms with E-state index in [-0.39, 0.29) is 4.83 Å². The average Bonchev–Trinajstić information content (AvgIpc) is 2.73. The van der Waals surface area contributed by atoms with Crippen LogP contribution in [0, 0.1) is 11.8 Å². The van der Waals surface area contributed by atoms with E-state index in [1.54, 1.807) is 0 Å². The van der Waals surface area contributed by atoms with E-state index in [1.165, 1.54) is 19.3 Å². The third-order valence-corrected chi connectivity index (χ3v) is 5.13. The van der Waals surface area contributed by atoms with Crippen molar-refractivity contribution in [1.82, 2.24) is 4.90 Å². The fourth-order valence-corrected chi connectivity index (χ4v) is 3.70. The lowest BCUT2D eigenvalue weighted by molar-refractivity contribution is -0.129. The Hall–Kier alpha value is -0.0500. The Morgan fingerprint density at radius 2 is 2.13 bits per heavy atom. The highest BCUT2D eigenvalue weighted by atomic mass is 79.9. The van der Waals surface area contributed by atoms with Gasteiger partial charge in [-0.15, -0.1) is 0 Å². The quantitative estimate of drug-likeness (QED) is 0.709. The van der Waals surface area contributed by atoms with Gasteiger partial charge >= 0.3 is 0 Å². The van der Waals surface area contributed by atoms with Gasteiger partial charge in [-0.2, -0.15) is 0 Å². The Morgan fingerprint density at radius 3 is 2.60 bits per heavy atom. The van der Waals surface area contributed by atoms with Gasteiger partial charge < -0.3 is 4.90 Å². The van der Waals surface area contributed by atoms with Crippen LogP contribution in [0.15, 0.2) is 0 Å². The molecule has 0 spiro atoms. The van der Waals surface area contributed by atoms with Crippen molar-refractivity contribution in [2.45, 2.75) is 50.4 Å². The first-order valence-corrected chi connectivity index (χ1v) is 7.01. The highest BCUT2D eigenvalue weighted by Crippen LogP contribution is 2.39. The molecule has 1 heterocycles. The lowest BCUT2D eigenvalue weighted by atomic mass is 9.93. The second kappa shape index (κ2) is 4.44. The van der Waals surface area contributed by atoms with Gasteiger partial charge in [0.15, 0.2) is 0 Å². The summed E-state index contributed by atoms with van der Waals surface area (Å²) in [6.07, 6.45) is 4.76. The number of alkyl halides is 1. The summed E-state index contributed by atoms with van der Waals surface area (Å²) >= 11 is 3.45. The summed E-state index contributed by atoms with van der Waals surface area (Å²) in [4.78, 5) is 14.1. The molecule has 86 valence electrons. The number of amides is 1. The van der Waals surface area contributed by atoms with Crippen LogP contribution in [0.2, 0.25) is 0 Å². The Kier molecular flexibility index (Phi) is 3.39. The molecule has 3 heteroatoms. The fraction of sp³-hybridized carbons (Fsp3) is 0.917. The van der Waals surface area contributed by atoms with Crippen LogP contribution in [-0.4, -0.2) is 28.2 Å². The summed E-state index contributed by atoms with van der Waals surface area (Å²) < 4.78 is 0. The number of carbonyl (C=O) groups is 1. The van der Waals surface area contributed by atoms with E-state index in [4.69, 9.17) is 0 Å². The van der Waals surface area contributed by atoms with Crippen molar-refractivity contribution < 1.29 is 4.79 Å². The lowest BCUT2D eigenvalue weighted by Gasteiger charge is -2.29. The molecule has 2 fully saturated rings. The smallest absolute Gasteiger partial charge is 0.236 e. The second-order valence-electron chi connectivity index (χ2n) is 4.96. The number of likely N-dealkylation sites (tertiary alicyclic amines) is 1. The first-order valence-electron chi connectivity index (χ1n) is 6.09. The molecule has 2 rings (SSSR count). The molecule has 4 atom stereocenters. The maximum atomic E-state index is 11.9. The van der Waals surface area contributed by atoms with Crippen LogP contribution >= 0.6 is 15.9 Å². The highest BCUT2D eigenvalue weighted by Gasteiger charge is 2.41. The predicted octanol–water partition coefficient (Wildman–Crippen LogP) is 2.81. The van der Waals surface area contributed by atoms with Crippen LogP contribution in [0.3, 0.4) is 0 Å². The molecule has 1 amide bonds. The molecule has 0 aromatic carbocycles. The molecule has 4 unspecified atom stereocenters. The molecule has 0 N–H and O–H groups in total. The van der Waals surface area contributed by atoms with Crippen LogP contribution < -0.4 is 0 Å². The van der Waals surface area contributed by atoms with Crippen molar-refractivity contribution in [2.75, 3.05) is 6.54 Å². The van der Waals surface area contributed by atoms with Crippen molar-refractivity contribution in [1.29, 1.82) is 0 Å². The number of rotatable bonds is 2. The highest BCUT2D eigenvalue weighted by molar-refractivity contribution is 9.10. The molecule has 0 bridgehead atoms. The van der Waals surface area contributed by atoms with Crippen molar-refractivity contribution in [3.8, 4) is 0 Å². The summed E-state index contributed by atoms with van der Waals surface area (Å²) in [6, 6.07) is 0.519. The first kappa shape index (κ1) is 11.4. The Morgan fingerprint density at radius 1 is 1.40 bits per heavy atom. The maximum Gasteiger partial charge on any atom is 0.236 e. The van der Waals surface area contributed by atoms with Crippen LogP contribution in [0.4, 0.5) is 0 Å². The van der Waals surface area contributed by atoms with Gasteiger partial charge in [0.05, 0.1) is 4.83 Å². The largest absolute Gasteiger partial charge is 0.338 e. The van der Waals surface area contributed by atoms with Crippen molar-refractivity contribution >= 4 is 21.8 Å². The molecule has 1 aliphatic heterocycles. The minimum absolute atomic E-state index is 0.0883. The standard InChI is InChI=1S/C12H20BrNO/c1-3-9-4-5-11(8(9)2)14-7-6-10(13)12(14)15/h8-11H,3-7H2,1-2H3. The molecule has 1 saturated carbocycles. The predicted molar refractivity (Wildman–Crippen MR) is 65.0 cm³/mol. The third-order valence-electron chi connectivity index (χ3n) is 4.28. The summed E-state index contributed by atoms with van der Waals surface area (Å²) in [7, 11) is 0. The monoisotopic (exact) mass is 273 g/mol. The van der Waals surface area contributed by atoms with Gasteiger partial charge in [0.2, 0.25) is 5.91 Å². The van der Waals surface area contributed by atoms with Crippen molar-refractivity contribution in [2.24, 2.45) is 11.8 Å². The van der Waals surface area contributed by atoms with E-state index >= 15 is 0 Å². The summed E-state index contributed by atoms with van der Waals surface area (Å²) in [5, 5.41) is 0. The van der Waals surface area contributed by atoms with E-state index < -0.39 is 0 Å². The van der Waals surface area contributed by atoms with Crippen LogP contribution in [0.1, 0.15) is 39.5 Å². The van der Waals surface area contributed by atoms with Gasteiger partial charge in [0, 0.05) is 12.6 Å². The van der Waals surface area contributed by atoms with E-state index in [2.05, 4.69) is 34.7 Å². The van der Waals surface area contributed by atoms with Gasteiger partial charge in [-0.3, -0.25) is 4.79 Å². The first-order chi connectivity index (χ1) is 7.15. The van der Waals surface area contributed by atoms with Gasteiger partial charge in [-0.1, -0.05) is 36.2 Å². The molecule has 1 aliphatic carbocycles. The molecule has 2 nitrogen and oxygen atoms in total. The molecular weight excluding hydrogens is 254 g/mol. The second-order valence-corrected chi connectivity index (χ2v) is 6.07. The van der Waals surface area contributed by atoms with E-state index in [0.717, 1.165) is 18.9 Å². The third kappa shape index (κ3) is 1.95. The summed E-state index contributed by atoms with van der Waals surface area (Å²) in [5.74, 6) is 1.84. The van der Waals surface area contributed by atoms with Crippen LogP contribution in [0.25, 0.3) is 0 Å². The van der Waals surface area contributed by atoms with Gasteiger partial charge in [0.25, 0.3) is 0 Å². The van der Waals surface area contributed by atoms with Gasteiger partial charge in [-0.25, -0.2) is 0 Å². The SMILES string of the molecule is CCC1CCC(N2CCC(Br)C2=O)C1C. The zero-order valence-electron chi connectivity index (χ0n) is 9.58. The lowest BCUT2D eigenvalue weighted by Crippen LogP contribution is -2.40. The summed E-state index contributed by atoms with van der Waals surface area (Å²) in [5.41, 5.74) is 0. The van der Waals surface area contributed by atoms with Gasteiger partial charge in [-0.05, 0) is 31.1 Å². The molecule has 0 aromatic heterocycles. The molecule has 15 heavy (non-hydrogen) atoms. The van der Waals surface area contributed by atoms with Crippen LogP contribution in [0.5, 0.6) is 0 Å². The molecule has 0 radical (unpaired) electrons. The zero-order valence-corrected chi connectivity index (χ0v) is 11.2. The number of hydrogen-bond donors (Lipinski definition) is 0.